The average Bonchev–Trinajstić information content (AvgIpc) is 2.83. The van der Waals surface area contributed by atoms with Crippen LogP contribution in [0, 0.1) is 5.82 Å². The van der Waals surface area contributed by atoms with E-state index >= 15 is 0 Å². The van der Waals surface area contributed by atoms with Crippen molar-refractivity contribution in [3.05, 3.63) is 35.1 Å². The smallest absolute Gasteiger partial charge is 0.126 e. The molecule has 0 spiro atoms. The summed E-state index contributed by atoms with van der Waals surface area (Å²) in [7, 11) is 0. The summed E-state index contributed by atoms with van der Waals surface area (Å²) in [6.07, 6.45) is 4.30. The lowest BCUT2D eigenvalue weighted by atomic mass is 9.97. The second-order valence-electron chi connectivity index (χ2n) is 7.50. The molecule has 1 saturated heterocycles. The molecular weight excluding hydrogens is 263 g/mol. The molecule has 1 atom stereocenters. The van der Waals surface area contributed by atoms with Crippen LogP contribution in [0.3, 0.4) is 0 Å². The maximum Gasteiger partial charge on any atom is 0.126 e. The van der Waals surface area contributed by atoms with Gasteiger partial charge in [-0.05, 0) is 63.6 Å². The van der Waals surface area contributed by atoms with Crippen molar-refractivity contribution in [3.8, 4) is 0 Å². The van der Waals surface area contributed by atoms with Crippen LogP contribution in [0.15, 0.2) is 18.2 Å². The Morgan fingerprint density at radius 2 is 1.86 bits per heavy atom. The lowest BCUT2D eigenvalue weighted by Gasteiger charge is -2.41. The molecule has 0 bridgehead atoms. The van der Waals surface area contributed by atoms with E-state index in [0.29, 0.717) is 12.1 Å². The van der Waals surface area contributed by atoms with Crippen LogP contribution in [0.4, 0.5) is 4.39 Å². The number of rotatable bonds is 2. The van der Waals surface area contributed by atoms with Gasteiger partial charge < -0.3 is 5.32 Å². The Bertz CT molecular complexity index is 498. The van der Waals surface area contributed by atoms with Gasteiger partial charge in [0.25, 0.3) is 0 Å². The third-order valence-electron chi connectivity index (χ3n) is 5.09. The Balaban J connectivity index is 1.60. The fourth-order valence-corrected chi connectivity index (χ4v) is 3.78. The van der Waals surface area contributed by atoms with Crippen LogP contribution < -0.4 is 5.32 Å². The van der Waals surface area contributed by atoms with Crippen molar-refractivity contribution in [1.82, 2.24) is 10.2 Å². The van der Waals surface area contributed by atoms with E-state index in [1.807, 2.05) is 6.07 Å². The molecule has 0 radical (unpaired) electrons. The molecule has 1 aliphatic heterocycles. The van der Waals surface area contributed by atoms with Gasteiger partial charge in [-0.1, -0.05) is 12.1 Å². The molecule has 2 nitrogen and oxygen atoms in total. The molecular formula is C18H27FN2. The minimum absolute atomic E-state index is 0.0284. The number of halogens is 1. The molecule has 3 rings (SSSR count). The molecule has 1 unspecified atom stereocenters. The number of piperidine rings is 1. The maximum absolute atomic E-state index is 13.8. The van der Waals surface area contributed by atoms with Gasteiger partial charge in [-0.25, -0.2) is 4.39 Å². The third-order valence-corrected chi connectivity index (χ3v) is 5.09. The quantitative estimate of drug-likeness (QED) is 0.894. The van der Waals surface area contributed by atoms with Crippen LogP contribution in [-0.2, 0) is 6.42 Å². The first-order valence-electron chi connectivity index (χ1n) is 8.23. The molecule has 116 valence electrons. The summed E-state index contributed by atoms with van der Waals surface area (Å²) in [5.41, 5.74) is 2.39. The van der Waals surface area contributed by atoms with E-state index in [4.69, 9.17) is 0 Å². The van der Waals surface area contributed by atoms with Crippen molar-refractivity contribution in [2.45, 2.75) is 64.1 Å². The first-order chi connectivity index (χ1) is 9.95. The summed E-state index contributed by atoms with van der Waals surface area (Å²) >= 11 is 0. The number of hydrogen-bond donors (Lipinski definition) is 1. The topological polar surface area (TPSA) is 15.3 Å². The zero-order valence-electron chi connectivity index (χ0n) is 13.5. The van der Waals surface area contributed by atoms with Gasteiger partial charge in [0.1, 0.15) is 5.82 Å². The summed E-state index contributed by atoms with van der Waals surface area (Å²) in [6, 6.07) is 6.44. The number of hydrogen-bond acceptors (Lipinski definition) is 2. The standard InChI is InChI=1S/C18H27FN2/c1-18(2,3)21-11-9-13(10-12-21)20-17-8-7-14-15(17)5-4-6-16(14)19/h4-6,13,17,20H,7-12H2,1-3H3. The first kappa shape index (κ1) is 15.0. The van der Waals surface area contributed by atoms with Crippen molar-refractivity contribution >= 4 is 0 Å². The highest BCUT2D eigenvalue weighted by Crippen LogP contribution is 2.34. The minimum Gasteiger partial charge on any atom is -0.307 e. The zero-order chi connectivity index (χ0) is 15.0. The van der Waals surface area contributed by atoms with Crippen LogP contribution in [0.5, 0.6) is 0 Å². The Morgan fingerprint density at radius 1 is 1.14 bits per heavy atom. The second-order valence-corrected chi connectivity index (χ2v) is 7.50. The molecule has 1 aromatic rings. The number of fused-ring (bicyclic) bond motifs is 1. The zero-order valence-corrected chi connectivity index (χ0v) is 13.5. The highest BCUT2D eigenvalue weighted by Gasteiger charge is 2.30. The molecule has 21 heavy (non-hydrogen) atoms. The minimum atomic E-state index is -0.0284. The molecule has 2 aliphatic rings. The number of likely N-dealkylation sites (tertiary alicyclic amines) is 1. The van der Waals surface area contributed by atoms with Gasteiger partial charge in [-0.15, -0.1) is 0 Å². The Kier molecular flexibility index (Phi) is 4.06. The molecule has 0 saturated carbocycles. The van der Waals surface area contributed by atoms with Crippen LogP contribution in [0.25, 0.3) is 0 Å². The molecule has 1 aromatic carbocycles. The van der Waals surface area contributed by atoms with Gasteiger partial charge in [0, 0.05) is 30.7 Å². The van der Waals surface area contributed by atoms with Crippen LogP contribution in [-0.4, -0.2) is 29.6 Å². The van der Waals surface area contributed by atoms with Crippen molar-refractivity contribution in [3.63, 3.8) is 0 Å². The van der Waals surface area contributed by atoms with Crippen LogP contribution in [0.1, 0.15) is 57.2 Å². The summed E-state index contributed by atoms with van der Waals surface area (Å²) in [5.74, 6) is -0.0284. The number of nitrogens with one attached hydrogen (secondary N) is 1. The fraction of sp³-hybridized carbons (Fsp3) is 0.667. The normalized spacial score (nSPS) is 24.3. The molecule has 0 amide bonds. The molecule has 1 heterocycles. The Hall–Kier alpha value is -0.930. The summed E-state index contributed by atoms with van der Waals surface area (Å²) in [5, 5.41) is 3.78. The van der Waals surface area contributed by atoms with E-state index < -0.39 is 0 Å². The lowest BCUT2D eigenvalue weighted by molar-refractivity contribution is 0.0937. The van der Waals surface area contributed by atoms with Gasteiger partial charge >= 0.3 is 0 Å². The van der Waals surface area contributed by atoms with Crippen molar-refractivity contribution in [2.24, 2.45) is 0 Å². The Morgan fingerprint density at radius 3 is 2.52 bits per heavy atom. The van der Waals surface area contributed by atoms with Crippen LogP contribution in [0.2, 0.25) is 0 Å². The fourth-order valence-electron chi connectivity index (χ4n) is 3.78. The second kappa shape index (κ2) is 5.69. The average molecular weight is 290 g/mol. The van der Waals surface area contributed by atoms with Crippen molar-refractivity contribution in [1.29, 1.82) is 0 Å². The number of nitrogens with zero attached hydrogens (tertiary/aromatic N) is 1. The van der Waals surface area contributed by atoms with Gasteiger partial charge in [-0.2, -0.15) is 0 Å². The third kappa shape index (κ3) is 3.14. The predicted octanol–water partition coefficient (Wildman–Crippen LogP) is 3.67. The number of benzene rings is 1. The van der Waals surface area contributed by atoms with Crippen LogP contribution >= 0.6 is 0 Å². The van der Waals surface area contributed by atoms with E-state index in [1.165, 1.54) is 18.4 Å². The van der Waals surface area contributed by atoms with Gasteiger partial charge in [0.05, 0.1) is 0 Å². The largest absolute Gasteiger partial charge is 0.307 e. The van der Waals surface area contributed by atoms with E-state index in [0.717, 1.165) is 31.5 Å². The SMILES string of the molecule is CC(C)(C)N1CCC(NC2CCc3c(F)cccc32)CC1. The van der Waals surface area contributed by atoms with Gasteiger partial charge in [0.2, 0.25) is 0 Å². The summed E-state index contributed by atoms with van der Waals surface area (Å²) in [4.78, 5) is 2.56. The predicted molar refractivity (Wildman–Crippen MR) is 84.9 cm³/mol. The van der Waals surface area contributed by atoms with Gasteiger partial charge in [0.15, 0.2) is 0 Å². The molecule has 1 fully saturated rings. The summed E-state index contributed by atoms with van der Waals surface area (Å²) in [6.45, 7) is 9.18. The highest BCUT2D eigenvalue weighted by molar-refractivity contribution is 5.35. The molecule has 1 aliphatic carbocycles. The highest BCUT2D eigenvalue weighted by atomic mass is 19.1. The monoisotopic (exact) mass is 290 g/mol. The lowest BCUT2D eigenvalue weighted by Crippen LogP contribution is -2.50. The van der Waals surface area contributed by atoms with E-state index in [1.54, 1.807) is 6.07 Å². The summed E-state index contributed by atoms with van der Waals surface area (Å²) < 4.78 is 13.8. The maximum atomic E-state index is 13.8. The van der Waals surface area contributed by atoms with Crippen molar-refractivity contribution < 1.29 is 4.39 Å². The van der Waals surface area contributed by atoms with Gasteiger partial charge in [-0.3, -0.25) is 4.90 Å². The molecule has 3 heteroatoms. The van der Waals surface area contributed by atoms with E-state index in [9.17, 15) is 4.39 Å². The van der Waals surface area contributed by atoms with E-state index in [-0.39, 0.29) is 11.4 Å². The molecule has 1 N–H and O–H groups in total. The van der Waals surface area contributed by atoms with Crippen molar-refractivity contribution in [2.75, 3.05) is 13.1 Å². The Labute approximate surface area is 127 Å². The first-order valence-corrected chi connectivity index (χ1v) is 8.23. The molecule has 0 aromatic heterocycles. The van der Waals surface area contributed by atoms with E-state index in [2.05, 4.69) is 37.1 Å².